The van der Waals surface area contributed by atoms with Gasteiger partial charge in [0.25, 0.3) is 0 Å². The molecule has 0 radical (unpaired) electrons. The number of rotatable bonds is 6. The highest BCUT2D eigenvalue weighted by molar-refractivity contribution is 7.07. The molecular weight excluding hydrogens is 184 g/mol. The van der Waals surface area contributed by atoms with E-state index in [0.29, 0.717) is 12.6 Å². The molecule has 0 aliphatic carbocycles. The van der Waals surface area contributed by atoms with E-state index in [1.165, 1.54) is 0 Å². The van der Waals surface area contributed by atoms with Gasteiger partial charge in [-0.3, -0.25) is 0 Å². The summed E-state index contributed by atoms with van der Waals surface area (Å²) in [6.07, 6.45) is 0. The number of nitrogens with one attached hydrogen (secondary N) is 1. The number of ether oxygens (including phenoxy) is 1. The largest absolute Gasteiger partial charge is 0.374 e. The molecule has 1 heterocycles. The average molecular weight is 200 g/mol. The summed E-state index contributed by atoms with van der Waals surface area (Å²) in [5.74, 6) is 0. The van der Waals surface area contributed by atoms with Gasteiger partial charge in [0.1, 0.15) is 0 Å². The van der Waals surface area contributed by atoms with Crippen molar-refractivity contribution in [3.63, 3.8) is 0 Å². The maximum atomic E-state index is 5.41. The Morgan fingerprint density at radius 2 is 2.46 bits per heavy atom. The van der Waals surface area contributed by atoms with E-state index in [9.17, 15) is 0 Å². The van der Waals surface area contributed by atoms with E-state index in [-0.39, 0.29) is 0 Å². The zero-order valence-electron chi connectivity index (χ0n) is 8.12. The summed E-state index contributed by atoms with van der Waals surface area (Å²) in [5.41, 5.74) is 2.85. The standard InChI is InChI=1S/C9H16N2OS/c1-8(2)10-3-4-12-5-9-6-13-7-11-9/h6-8,10H,3-5H2,1-2H3. The third kappa shape index (κ3) is 4.98. The van der Waals surface area contributed by atoms with Gasteiger partial charge in [-0.25, -0.2) is 4.98 Å². The number of hydrogen-bond donors (Lipinski definition) is 1. The Balaban J connectivity index is 1.96. The molecule has 0 unspecified atom stereocenters. The minimum absolute atomic E-state index is 0.530. The number of nitrogens with zero attached hydrogens (tertiary/aromatic N) is 1. The molecule has 0 aliphatic rings. The van der Waals surface area contributed by atoms with Gasteiger partial charge in [0, 0.05) is 18.0 Å². The Morgan fingerprint density at radius 1 is 1.62 bits per heavy atom. The second kappa shape index (κ2) is 6.07. The second-order valence-corrected chi connectivity index (χ2v) is 3.86. The maximum absolute atomic E-state index is 5.41. The van der Waals surface area contributed by atoms with Crippen molar-refractivity contribution in [2.75, 3.05) is 13.2 Å². The summed E-state index contributed by atoms with van der Waals surface area (Å²) < 4.78 is 5.41. The van der Waals surface area contributed by atoms with Gasteiger partial charge in [0.2, 0.25) is 0 Å². The molecule has 0 bridgehead atoms. The molecule has 74 valence electrons. The fraction of sp³-hybridized carbons (Fsp3) is 0.667. The van der Waals surface area contributed by atoms with E-state index in [4.69, 9.17) is 4.74 Å². The van der Waals surface area contributed by atoms with Crippen molar-refractivity contribution in [3.8, 4) is 0 Å². The first kappa shape index (κ1) is 10.6. The minimum atomic E-state index is 0.530. The quantitative estimate of drug-likeness (QED) is 0.709. The summed E-state index contributed by atoms with van der Waals surface area (Å²) in [6, 6.07) is 0.530. The molecule has 0 saturated heterocycles. The Bertz CT molecular complexity index is 211. The summed E-state index contributed by atoms with van der Waals surface area (Å²) >= 11 is 1.60. The van der Waals surface area contributed by atoms with Crippen molar-refractivity contribution in [2.24, 2.45) is 0 Å². The molecule has 0 atom stereocenters. The van der Waals surface area contributed by atoms with E-state index in [2.05, 4.69) is 24.1 Å². The third-order valence-electron chi connectivity index (χ3n) is 1.53. The number of aromatic nitrogens is 1. The van der Waals surface area contributed by atoms with E-state index >= 15 is 0 Å². The van der Waals surface area contributed by atoms with Crippen molar-refractivity contribution in [2.45, 2.75) is 26.5 Å². The lowest BCUT2D eigenvalue weighted by atomic mass is 10.4. The van der Waals surface area contributed by atoms with Crippen LogP contribution in [0.25, 0.3) is 0 Å². The first-order chi connectivity index (χ1) is 6.29. The normalized spacial score (nSPS) is 11.0. The molecule has 3 nitrogen and oxygen atoms in total. The van der Waals surface area contributed by atoms with Crippen molar-refractivity contribution < 1.29 is 4.74 Å². The van der Waals surface area contributed by atoms with Gasteiger partial charge >= 0.3 is 0 Å². The minimum Gasteiger partial charge on any atom is -0.374 e. The first-order valence-corrected chi connectivity index (χ1v) is 5.41. The molecular formula is C9H16N2OS. The number of thiazole rings is 1. The van der Waals surface area contributed by atoms with Crippen molar-refractivity contribution >= 4 is 11.3 Å². The van der Waals surface area contributed by atoms with Crippen LogP contribution in [0.5, 0.6) is 0 Å². The number of hydrogen-bond acceptors (Lipinski definition) is 4. The zero-order chi connectivity index (χ0) is 9.52. The average Bonchev–Trinajstić information content (AvgIpc) is 2.55. The fourth-order valence-corrected chi connectivity index (χ4v) is 1.45. The highest BCUT2D eigenvalue weighted by atomic mass is 32.1. The second-order valence-electron chi connectivity index (χ2n) is 3.14. The monoisotopic (exact) mass is 200 g/mol. The van der Waals surface area contributed by atoms with Gasteiger partial charge in [-0.05, 0) is 0 Å². The molecule has 4 heteroatoms. The van der Waals surface area contributed by atoms with Crippen molar-refractivity contribution in [1.82, 2.24) is 10.3 Å². The predicted molar refractivity (Wildman–Crippen MR) is 54.9 cm³/mol. The summed E-state index contributed by atoms with van der Waals surface area (Å²) in [7, 11) is 0. The lowest BCUT2D eigenvalue weighted by molar-refractivity contribution is 0.119. The fourth-order valence-electron chi connectivity index (χ4n) is 0.905. The van der Waals surface area contributed by atoms with E-state index < -0.39 is 0 Å². The Morgan fingerprint density at radius 3 is 3.08 bits per heavy atom. The first-order valence-electron chi connectivity index (χ1n) is 4.47. The van der Waals surface area contributed by atoms with Crippen LogP contribution in [0.15, 0.2) is 10.9 Å². The molecule has 1 N–H and O–H groups in total. The Hall–Kier alpha value is -0.450. The van der Waals surface area contributed by atoms with Gasteiger partial charge in [0.05, 0.1) is 24.4 Å². The predicted octanol–water partition coefficient (Wildman–Crippen LogP) is 1.66. The molecule has 0 aliphatic heterocycles. The highest BCUT2D eigenvalue weighted by Crippen LogP contribution is 2.01. The summed E-state index contributed by atoms with van der Waals surface area (Å²) in [4.78, 5) is 4.12. The molecule has 0 fully saturated rings. The van der Waals surface area contributed by atoms with Crippen molar-refractivity contribution in [3.05, 3.63) is 16.6 Å². The third-order valence-corrected chi connectivity index (χ3v) is 2.17. The summed E-state index contributed by atoms with van der Waals surface area (Å²) in [6.45, 7) is 6.53. The SMILES string of the molecule is CC(C)NCCOCc1cscn1. The van der Waals surface area contributed by atoms with Gasteiger partial charge in [-0.2, -0.15) is 0 Å². The molecule has 13 heavy (non-hydrogen) atoms. The van der Waals surface area contributed by atoms with Gasteiger partial charge in [-0.1, -0.05) is 13.8 Å². The molecule has 0 aromatic carbocycles. The zero-order valence-corrected chi connectivity index (χ0v) is 8.93. The van der Waals surface area contributed by atoms with E-state index in [0.717, 1.165) is 18.8 Å². The topological polar surface area (TPSA) is 34.1 Å². The van der Waals surface area contributed by atoms with Crippen LogP contribution >= 0.6 is 11.3 Å². The molecule has 0 saturated carbocycles. The van der Waals surface area contributed by atoms with Crippen LogP contribution in [0.3, 0.4) is 0 Å². The lowest BCUT2D eigenvalue weighted by Crippen LogP contribution is -2.26. The van der Waals surface area contributed by atoms with Gasteiger partial charge in [0.15, 0.2) is 0 Å². The molecule has 1 rings (SSSR count). The van der Waals surface area contributed by atoms with Crippen LogP contribution < -0.4 is 5.32 Å². The van der Waals surface area contributed by atoms with Crippen LogP contribution in [-0.2, 0) is 11.3 Å². The highest BCUT2D eigenvalue weighted by Gasteiger charge is 1.95. The van der Waals surface area contributed by atoms with E-state index in [1.54, 1.807) is 11.3 Å². The molecule has 1 aromatic rings. The Labute approximate surface area is 83.1 Å². The smallest absolute Gasteiger partial charge is 0.0897 e. The molecule has 0 amide bonds. The van der Waals surface area contributed by atoms with Crippen LogP contribution in [0, 0.1) is 0 Å². The summed E-state index contributed by atoms with van der Waals surface area (Å²) in [5, 5.41) is 5.29. The molecule has 0 spiro atoms. The van der Waals surface area contributed by atoms with Gasteiger partial charge in [-0.15, -0.1) is 11.3 Å². The van der Waals surface area contributed by atoms with Gasteiger partial charge < -0.3 is 10.1 Å². The molecule has 1 aromatic heterocycles. The maximum Gasteiger partial charge on any atom is 0.0897 e. The Kier molecular flexibility index (Phi) is 4.97. The van der Waals surface area contributed by atoms with Crippen LogP contribution in [0.4, 0.5) is 0 Å². The van der Waals surface area contributed by atoms with Crippen LogP contribution in [-0.4, -0.2) is 24.2 Å². The van der Waals surface area contributed by atoms with Crippen LogP contribution in [0.2, 0.25) is 0 Å². The van der Waals surface area contributed by atoms with Crippen molar-refractivity contribution in [1.29, 1.82) is 0 Å². The van der Waals surface area contributed by atoms with E-state index in [1.807, 2.05) is 10.9 Å². The van der Waals surface area contributed by atoms with Crippen LogP contribution in [0.1, 0.15) is 19.5 Å². The lowest BCUT2D eigenvalue weighted by Gasteiger charge is -2.07.